The van der Waals surface area contributed by atoms with Gasteiger partial charge < -0.3 is 9.84 Å². The van der Waals surface area contributed by atoms with E-state index >= 15 is 0 Å². The van der Waals surface area contributed by atoms with Gasteiger partial charge in [-0.05, 0) is 24.6 Å². The van der Waals surface area contributed by atoms with Gasteiger partial charge in [0, 0.05) is 17.5 Å². The third kappa shape index (κ3) is 3.25. The number of aryl methyl sites for hydroxylation is 1. The molecule has 9 heteroatoms. The Bertz CT molecular complexity index is 1100. The fourth-order valence-electron chi connectivity index (χ4n) is 2.48. The second-order valence-corrected chi connectivity index (χ2v) is 7.92. The number of thiophene rings is 1. The van der Waals surface area contributed by atoms with E-state index in [4.69, 9.17) is 39.3 Å². The van der Waals surface area contributed by atoms with Crippen LogP contribution in [0.1, 0.15) is 10.4 Å². The largest absolute Gasteiger partial charge is 0.365 e. The van der Waals surface area contributed by atoms with Crippen molar-refractivity contribution in [3.8, 4) is 11.6 Å². The van der Waals surface area contributed by atoms with E-state index in [1.54, 1.807) is 18.3 Å². The molecule has 0 spiro atoms. The highest BCUT2D eigenvalue weighted by Crippen LogP contribution is 2.38. The van der Waals surface area contributed by atoms with Crippen molar-refractivity contribution in [1.29, 1.82) is 0 Å². The van der Waals surface area contributed by atoms with Gasteiger partial charge in [0.1, 0.15) is 10.6 Å². The van der Waals surface area contributed by atoms with Crippen molar-refractivity contribution in [1.82, 2.24) is 15.1 Å². The fraction of sp³-hybridized carbons (Fsp3) is 0.118. The van der Waals surface area contributed by atoms with Gasteiger partial charge in [-0.15, -0.1) is 11.3 Å². The second-order valence-electron chi connectivity index (χ2n) is 5.53. The topological polar surface area (TPSA) is 63.8 Å². The van der Waals surface area contributed by atoms with E-state index in [0.29, 0.717) is 39.0 Å². The SMILES string of the molecule is Cc1sc2nc(-c3ccno3)nc(NCc3ccc(Cl)c(Cl)c3)c2c1Cl. The summed E-state index contributed by atoms with van der Waals surface area (Å²) in [5.41, 5.74) is 0.968. The Kier molecular flexibility index (Phi) is 4.75. The molecule has 1 N–H and O–H groups in total. The molecule has 3 aromatic heterocycles. The summed E-state index contributed by atoms with van der Waals surface area (Å²) in [4.78, 5) is 10.9. The Morgan fingerprint density at radius 2 is 1.96 bits per heavy atom. The molecule has 0 bridgehead atoms. The van der Waals surface area contributed by atoms with Crippen LogP contribution in [0.25, 0.3) is 21.8 Å². The molecule has 1 aromatic carbocycles. The molecule has 0 aliphatic rings. The number of hydrogen-bond donors (Lipinski definition) is 1. The van der Waals surface area contributed by atoms with Crippen LogP contribution in [0.15, 0.2) is 35.0 Å². The third-order valence-electron chi connectivity index (χ3n) is 3.76. The molecule has 4 rings (SSSR count). The summed E-state index contributed by atoms with van der Waals surface area (Å²) in [5, 5.41) is 9.49. The molecular formula is C17H11Cl3N4OS. The Labute approximate surface area is 167 Å². The van der Waals surface area contributed by atoms with Gasteiger partial charge in [-0.1, -0.05) is 46.0 Å². The van der Waals surface area contributed by atoms with Crippen LogP contribution in [0.3, 0.4) is 0 Å². The summed E-state index contributed by atoms with van der Waals surface area (Å²) in [6.07, 6.45) is 1.55. The minimum absolute atomic E-state index is 0.449. The molecule has 5 nitrogen and oxygen atoms in total. The van der Waals surface area contributed by atoms with Gasteiger partial charge in [-0.2, -0.15) is 0 Å². The van der Waals surface area contributed by atoms with Gasteiger partial charge in [-0.3, -0.25) is 0 Å². The first-order valence-electron chi connectivity index (χ1n) is 7.58. The first-order valence-corrected chi connectivity index (χ1v) is 9.53. The number of nitrogens with zero attached hydrogens (tertiary/aromatic N) is 3. The molecule has 4 aromatic rings. The molecular weight excluding hydrogens is 415 g/mol. The van der Waals surface area contributed by atoms with Crippen LogP contribution in [0, 0.1) is 6.92 Å². The van der Waals surface area contributed by atoms with Crippen LogP contribution in [0.2, 0.25) is 15.1 Å². The average Bonchev–Trinajstić information content (AvgIpc) is 3.25. The second kappa shape index (κ2) is 7.04. The monoisotopic (exact) mass is 424 g/mol. The van der Waals surface area contributed by atoms with E-state index in [1.807, 2.05) is 19.1 Å². The maximum atomic E-state index is 6.47. The van der Waals surface area contributed by atoms with Gasteiger partial charge in [0.2, 0.25) is 11.6 Å². The highest BCUT2D eigenvalue weighted by molar-refractivity contribution is 7.19. The standard InChI is InChI=1S/C17H11Cl3N4OS/c1-8-14(20)13-16(21-7-9-2-3-10(18)11(19)6-9)23-15(24-17(13)26-8)12-4-5-22-25-12/h2-6H,7H2,1H3,(H,21,23,24). The number of hydrogen-bond acceptors (Lipinski definition) is 6. The molecule has 0 radical (unpaired) electrons. The van der Waals surface area contributed by atoms with Crippen molar-refractivity contribution in [3.63, 3.8) is 0 Å². The van der Waals surface area contributed by atoms with Gasteiger partial charge in [0.15, 0.2) is 0 Å². The Morgan fingerprint density at radius 1 is 1.12 bits per heavy atom. The lowest BCUT2D eigenvalue weighted by atomic mass is 10.2. The first kappa shape index (κ1) is 17.5. The number of benzene rings is 1. The molecule has 0 unspecified atom stereocenters. The molecule has 0 atom stereocenters. The molecule has 0 saturated heterocycles. The van der Waals surface area contributed by atoms with Gasteiger partial charge in [-0.25, -0.2) is 9.97 Å². The lowest BCUT2D eigenvalue weighted by Crippen LogP contribution is -2.03. The molecule has 26 heavy (non-hydrogen) atoms. The summed E-state index contributed by atoms with van der Waals surface area (Å²) >= 11 is 20.0. The summed E-state index contributed by atoms with van der Waals surface area (Å²) in [6, 6.07) is 7.19. The van der Waals surface area contributed by atoms with Crippen LogP contribution in [0.5, 0.6) is 0 Å². The number of aromatic nitrogens is 3. The lowest BCUT2D eigenvalue weighted by molar-refractivity contribution is 0.430. The number of rotatable bonds is 4. The zero-order valence-electron chi connectivity index (χ0n) is 13.4. The van der Waals surface area contributed by atoms with Crippen molar-refractivity contribution in [3.05, 3.63) is 56.0 Å². The lowest BCUT2D eigenvalue weighted by Gasteiger charge is -2.09. The maximum absolute atomic E-state index is 6.47. The third-order valence-corrected chi connectivity index (χ3v) is 6.08. The maximum Gasteiger partial charge on any atom is 0.204 e. The van der Waals surface area contributed by atoms with Crippen molar-refractivity contribution in [2.75, 3.05) is 5.32 Å². The van der Waals surface area contributed by atoms with Crippen LogP contribution in [0.4, 0.5) is 5.82 Å². The van der Waals surface area contributed by atoms with Crippen LogP contribution in [-0.2, 0) is 6.54 Å². The van der Waals surface area contributed by atoms with Gasteiger partial charge in [0.05, 0.1) is 26.7 Å². The number of anilines is 1. The minimum atomic E-state index is 0.449. The number of fused-ring (bicyclic) bond motifs is 1. The highest BCUT2D eigenvalue weighted by Gasteiger charge is 2.18. The van der Waals surface area contributed by atoms with E-state index in [1.165, 1.54) is 11.3 Å². The van der Waals surface area contributed by atoms with Crippen molar-refractivity contribution >= 4 is 62.2 Å². The Hall–Kier alpha value is -1.86. The van der Waals surface area contributed by atoms with Crippen LogP contribution in [-0.4, -0.2) is 15.1 Å². The minimum Gasteiger partial charge on any atom is -0.365 e. The zero-order valence-corrected chi connectivity index (χ0v) is 16.5. The van der Waals surface area contributed by atoms with E-state index in [9.17, 15) is 0 Å². The van der Waals surface area contributed by atoms with Crippen molar-refractivity contribution in [2.24, 2.45) is 0 Å². The predicted molar refractivity (Wildman–Crippen MR) is 106 cm³/mol. The van der Waals surface area contributed by atoms with Crippen LogP contribution >= 0.6 is 46.1 Å². The molecule has 0 aliphatic heterocycles. The molecule has 0 amide bonds. The van der Waals surface area contributed by atoms with Crippen molar-refractivity contribution < 1.29 is 4.52 Å². The summed E-state index contributed by atoms with van der Waals surface area (Å²) in [6.45, 7) is 2.45. The summed E-state index contributed by atoms with van der Waals surface area (Å²) < 4.78 is 5.19. The van der Waals surface area contributed by atoms with Gasteiger partial charge >= 0.3 is 0 Å². The van der Waals surface area contributed by atoms with E-state index in [2.05, 4.69) is 20.4 Å². The highest BCUT2D eigenvalue weighted by atomic mass is 35.5. The smallest absolute Gasteiger partial charge is 0.204 e. The average molecular weight is 426 g/mol. The molecule has 3 heterocycles. The van der Waals surface area contributed by atoms with E-state index in [-0.39, 0.29) is 0 Å². The summed E-state index contributed by atoms with van der Waals surface area (Å²) in [5.74, 6) is 1.57. The van der Waals surface area contributed by atoms with E-state index < -0.39 is 0 Å². The number of nitrogens with one attached hydrogen (secondary N) is 1. The Morgan fingerprint density at radius 3 is 2.69 bits per heavy atom. The Balaban J connectivity index is 1.75. The predicted octanol–water partition coefficient (Wildman–Crippen LogP) is 6.23. The fourth-order valence-corrected chi connectivity index (χ4v) is 4.07. The van der Waals surface area contributed by atoms with E-state index in [0.717, 1.165) is 20.7 Å². The summed E-state index contributed by atoms with van der Waals surface area (Å²) in [7, 11) is 0. The van der Waals surface area contributed by atoms with Crippen LogP contribution < -0.4 is 5.32 Å². The molecule has 0 aliphatic carbocycles. The molecule has 132 valence electrons. The molecule has 0 saturated carbocycles. The molecule has 0 fully saturated rings. The zero-order chi connectivity index (χ0) is 18.3. The normalized spacial score (nSPS) is 11.2. The quantitative estimate of drug-likeness (QED) is 0.420. The van der Waals surface area contributed by atoms with Crippen molar-refractivity contribution in [2.45, 2.75) is 13.5 Å². The van der Waals surface area contributed by atoms with Gasteiger partial charge in [0.25, 0.3) is 0 Å². The number of halogens is 3. The first-order chi connectivity index (χ1) is 12.5.